The van der Waals surface area contributed by atoms with Crippen molar-refractivity contribution >= 4 is 15.9 Å². The van der Waals surface area contributed by atoms with Gasteiger partial charge >= 0.3 is 6.18 Å². The highest BCUT2D eigenvalue weighted by Crippen LogP contribution is 2.30. The second kappa shape index (κ2) is 6.94. The largest absolute Gasteiger partial charge is 0.416 e. The maximum absolute atomic E-state index is 12.5. The first-order valence-corrected chi connectivity index (χ1v) is 8.09. The number of benzene rings is 1. The minimum Gasteiger partial charge on any atom is -0.295 e. The molecule has 0 heterocycles. The van der Waals surface area contributed by atoms with Crippen LogP contribution in [0.4, 0.5) is 13.2 Å². The molecule has 1 aliphatic rings. The van der Waals surface area contributed by atoms with Gasteiger partial charge in [0.05, 0.1) is 5.56 Å². The van der Waals surface area contributed by atoms with Gasteiger partial charge in [-0.25, -0.2) is 0 Å². The van der Waals surface area contributed by atoms with Crippen LogP contribution < -0.4 is 0 Å². The van der Waals surface area contributed by atoms with Crippen molar-refractivity contribution in [3.63, 3.8) is 0 Å². The fourth-order valence-corrected chi connectivity index (χ4v) is 3.26. The van der Waals surface area contributed by atoms with Gasteiger partial charge in [0, 0.05) is 24.5 Å². The van der Waals surface area contributed by atoms with Crippen LogP contribution in [0.25, 0.3) is 0 Å². The maximum atomic E-state index is 12.5. The molecule has 5 heteroatoms. The van der Waals surface area contributed by atoms with Gasteiger partial charge in [-0.05, 0) is 30.5 Å². The summed E-state index contributed by atoms with van der Waals surface area (Å²) in [5, 5.41) is 0.893. The average Bonchev–Trinajstić information content (AvgIpc) is 2.91. The Kier molecular flexibility index (Phi) is 5.49. The number of hydrogen-bond acceptors (Lipinski definition) is 1. The van der Waals surface area contributed by atoms with Crippen molar-refractivity contribution in [3.05, 3.63) is 35.4 Å². The Morgan fingerprint density at radius 2 is 1.70 bits per heavy atom. The fourth-order valence-electron chi connectivity index (χ4n) is 2.80. The Bertz CT molecular complexity index is 410. The van der Waals surface area contributed by atoms with E-state index in [0.717, 1.165) is 24.0 Å². The molecule has 2 rings (SSSR count). The van der Waals surface area contributed by atoms with E-state index in [-0.39, 0.29) is 0 Å². The van der Waals surface area contributed by atoms with Gasteiger partial charge in [0.1, 0.15) is 0 Å². The summed E-state index contributed by atoms with van der Waals surface area (Å²) in [7, 11) is 0. The number of hydrogen-bond donors (Lipinski definition) is 0. The standard InChI is InChI=1S/C15H19BrF3N/c16-9-10-20(14-3-1-2-4-14)11-12-5-7-13(8-6-12)15(17,18)19/h5-8,14H,1-4,9-11H2. The maximum Gasteiger partial charge on any atom is 0.416 e. The quantitative estimate of drug-likeness (QED) is 0.687. The molecule has 1 fully saturated rings. The number of alkyl halides is 4. The summed E-state index contributed by atoms with van der Waals surface area (Å²) in [5.41, 5.74) is 0.375. The predicted octanol–water partition coefficient (Wildman–Crippen LogP) is 4.84. The van der Waals surface area contributed by atoms with Crippen molar-refractivity contribution in [2.45, 2.75) is 44.4 Å². The normalized spacial score (nSPS) is 17.1. The molecule has 0 aromatic heterocycles. The second-order valence-electron chi connectivity index (χ2n) is 5.29. The van der Waals surface area contributed by atoms with E-state index in [0.29, 0.717) is 6.04 Å². The van der Waals surface area contributed by atoms with E-state index in [1.807, 2.05) is 0 Å². The highest BCUT2D eigenvalue weighted by molar-refractivity contribution is 9.09. The molecule has 0 bridgehead atoms. The van der Waals surface area contributed by atoms with Crippen molar-refractivity contribution < 1.29 is 13.2 Å². The third-order valence-corrected chi connectivity index (χ3v) is 4.23. The van der Waals surface area contributed by atoms with E-state index in [2.05, 4.69) is 20.8 Å². The monoisotopic (exact) mass is 349 g/mol. The summed E-state index contributed by atoms with van der Waals surface area (Å²) in [6.07, 6.45) is 0.674. The third kappa shape index (κ3) is 4.22. The lowest BCUT2D eigenvalue weighted by atomic mass is 10.1. The van der Waals surface area contributed by atoms with E-state index in [4.69, 9.17) is 0 Å². The van der Waals surface area contributed by atoms with Gasteiger partial charge in [-0.2, -0.15) is 13.2 Å². The second-order valence-corrected chi connectivity index (χ2v) is 6.09. The van der Waals surface area contributed by atoms with Crippen LogP contribution in [0.3, 0.4) is 0 Å². The van der Waals surface area contributed by atoms with Crippen molar-refractivity contribution in [1.82, 2.24) is 4.90 Å². The van der Waals surface area contributed by atoms with Gasteiger partial charge < -0.3 is 0 Å². The van der Waals surface area contributed by atoms with Gasteiger partial charge in [-0.1, -0.05) is 40.9 Å². The van der Waals surface area contributed by atoms with Crippen molar-refractivity contribution in [2.75, 3.05) is 11.9 Å². The van der Waals surface area contributed by atoms with E-state index < -0.39 is 11.7 Å². The molecule has 112 valence electrons. The molecule has 0 amide bonds. The molecule has 1 aromatic rings. The van der Waals surface area contributed by atoms with Gasteiger partial charge in [0.15, 0.2) is 0 Å². The Labute approximate surface area is 126 Å². The Hall–Kier alpha value is -0.550. The van der Waals surface area contributed by atoms with Crippen LogP contribution in [-0.4, -0.2) is 22.8 Å². The zero-order chi connectivity index (χ0) is 14.6. The Morgan fingerprint density at radius 3 is 2.20 bits per heavy atom. The summed E-state index contributed by atoms with van der Waals surface area (Å²) < 4.78 is 37.6. The summed E-state index contributed by atoms with van der Waals surface area (Å²) in [6.45, 7) is 1.67. The molecular weight excluding hydrogens is 331 g/mol. The molecule has 0 saturated heterocycles. The fraction of sp³-hybridized carbons (Fsp3) is 0.600. The van der Waals surface area contributed by atoms with Crippen LogP contribution in [0.15, 0.2) is 24.3 Å². The first kappa shape index (κ1) is 15.8. The molecular formula is C15H19BrF3N. The van der Waals surface area contributed by atoms with Crippen LogP contribution in [0.5, 0.6) is 0 Å². The van der Waals surface area contributed by atoms with E-state index in [1.54, 1.807) is 12.1 Å². The molecule has 0 unspecified atom stereocenters. The predicted molar refractivity (Wildman–Crippen MR) is 77.9 cm³/mol. The van der Waals surface area contributed by atoms with E-state index >= 15 is 0 Å². The molecule has 0 atom stereocenters. The van der Waals surface area contributed by atoms with Crippen LogP contribution in [0.1, 0.15) is 36.8 Å². The zero-order valence-electron chi connectivity index (χ0n) is 11.3. The molecule has 0 radical (unpaired) electrons. The Morgan fingerprint density at radius 1 is 1.10 bits per heavy atom. The van der Waals surface area contributed by atoms with Crippen molar-refractivity contribution in [2.24, 2.45) is 0 Å². The SMILES string of the molecule is FC(F)(F)c1ccc(CN(CCBr)C2CCCC2)cc1. The van der Waals surface area contributed by atoms with Crippen LogP contribution >= 0.6 is 15.9 Å². The summed E-state index contributed by atoms with van der Waals surface area (Å²) in [6, 6.07) is 6.12. The molecule has 1 aliphatic carbocycles. The highest BCUT2D eigenvalue weighted by Gasteiger charge is 2.30. The molecule has 1 aromatic carbocycles. The summed E-state index contributed by atoms with van der Waals surface area (Å²) in [5.74, 6) is 0. The molecule has 0 spiro atoms. The van der Waals surface area contributed by atoms with Gasteiger partial charge in [-0.3, -0.25) is 4.90 Å². The minimum atomic E-state index is -4.25. The van der Waals surface area contributed by atoms with E-state index in [9.17, 15) is 13.2 Å². The average molecular weight is 350 g/mol. The summed E-state index contributed by atoms with van der Waals surface area (Å²) in [4.78, 5) is 2.38. The lowest BCUT2D eigenvalue weighted by Crippen LogP contribution is -2.34. The van der Waals surface area contributed by atoms with Gasteiger partial charge in [0.25, 0.3) is 0 Å². The van der Waals surface area contributed by atoms with Gasteiger partial charge in [-0.15, -0.1) is 0 Å². The smallest absolute Gasteiger partial charge is 0.295 e. The number of halogens is 4. The molecule has 0 aliphatic heterocycles. The number of rotatable bonds is 5. The lowest BCUT2D eigenvalue weighted by molar-refractivity contribution is -0.137. The third-order valence-electron chi connectivity index (χ3n) is 3.88. The van der Waals surface area contributed by atoms with Crippen molar-refractivity contribution in [3.8, 4) is 0 Å². The van der Waals surface area contributed by atoms with Crippen LogP contribution in [-0.2, 0) is 12.7 Å². The zero-order valence-corrected chi connectivity index (χ0v) is 12.9. The molecule has 0 N–H and O–H groups in total. The topological polar surface area (TPSA) is 3.24 Å². The number of nitrogens with zero attached hydrogens (tertiary/aromatic N) is 1. The summed E-state index contributed by atoms with van der Waals surface area (Å²) >= 11 is 3.46. The lowest BCUT2D eigenvalue weighted by Gasteiger charge is -2.28. The molecule has 20 heavy (non-hydrogen) atoms. The molecule has 1 saturated carbocycles. The highest BCUT2D eigenvalue weighted by atomic mass is 79.9. The van der Waals surface area contributed by atoms with Gasteiger partial charge in [0.2, 0.25) is 0 Å². The molecule has 1 nitrogen and oxygen atoms in total. The minimum absolute atomic E-state index is 0.575. The first-order chi connectivity index (χ1) is 9.50. The first-order valence-electron chi connectivity index (χ1n) is 6.97. The Balaban J connectivity index is 2.02. The van der Waals surface area contributed by atoms with E-state index in [1.165, 1.54) is 37.8 Å². The van der Waals surface area contributed by atoms with Crippen LogP contribution in [0, 0.1) is 0 Å². The van der Waals surface area contributed by atoms with Crippen LogP contribution in [0.2, 0.25) is 0 Å². The van der Waals surface area contributed by atoms with Crippen molar-refractivity contribution in [1.29, 1.82) is 0 Å².